The molecule has 2 aromatic rings. The van der Waals surface area contributed by atoms with Gasteiger partial charge >= 0.3 is 0 Å². The number of carbonyl (C=O) groups excluding carboxylic acids is 2. The Labute approximate surface area is 153 Å². The van der Waals surface area contributed by atoms with Crippen molar-refractivity contribution in [3.63, 3.8) is 0 Å². The molecule has 0 spiro atoms. The minimum absolute atomic E-state index is 0.00575. The van der Waals surface area contributed by atoms with E-state index in [-0.39, 0.29) is 23.7 Å². The van der Waals surface area contributed by atoms with Crippen molar-refractivity contribution in [2.75, 3.05) is 18.4 Å². The Morgan fingerprint density at radius 1 is 1.12 bits per heavy atom. The van der Waals surface area contributed by atoms with E-state index in [0.717, 1.165) is 43.5 Å². The first-order chi connectivity index (χ1) is 12.7. The van der Waals surface area contributed by atoms with Gasteiger partial charge in [-0.05, 0) is 43.4 Å². The van der Waals surface area contributed by atoms with E-state index in [1.165, 1.54) is 0 Å². The molecular formula is C20H24N4O2. The molecule has 136 valence electrons. The standard InChI is InChI=1S/C20H24N4O2/c25-19(17-6-3-11-23(13-17)20(26)15-8-9-15)22-18-7-2-1-5-16(18)14-24-12-4-10-21-24/h1-2,4-5,7,10,12,15,17H,3,6,8-9,11,13-14H2,(H,22,25). The second kappa shape index (κ2) is 7.32. The number of amides is 2. The van der Waals surface area contributed by atoms with Crippen molar-refractivity contribution in [2.45, 2.75) is 32.2 Å². The Bertz CT molecular complexity index is 783. The Morgan fingerprint density at radius 3 is 2.73 bits per heavy atom. The lowest BCUT2D eigenvalue weighted by atomic mass is 9.96. The van der Waals surface area contributed by atoms with E-state index < -0.39 is 0 Å². The number of nitrogens with zero attached hydrogens (tertiary/aromatic N) is 3. The normalized spacial score (nSPS) is 20.0. The molecule has 2 aliphatic rings. The highest BCUT2D eigenvalue weighted by molar-refractivity contribution is 5.94. The fraction of sp³-hybridized carbons (Fsp3) is 0.450. The molecular weight excluding hydrogens is 328 g/mol. The molecule has 6 heteroatoms. The number of rotatable bonds is 5. The molecule has 1 aliphatic heterocycles. The number of benzene rings is 1. The largest absolute Gasteiger partial charge is 0.342 e. The summed E-state index contributed by atoms with van der Waals surface area (Å²) in [6.45, 7) is 1.94. The van der Waals surface area contributed by atoms with Crippen molar-refractivity contribution < 1.29 is 9.59 Å². The molecule has 1 saturated heterocycles. The van der Waals surface area contributed by atoms with Gasteiger partial charge in [-0.2, -0.15) is 5.10 Å². The molecule has 1 saturated carbocycles. The maximum absolute atomic E-state index is 12.8. The second-order valence-corrected chi connectivity index (χ2v) is 7.25. The van der Waals surface area contributed by atoms with E-state index in [1.54, 1.807) is 6.20 Å². The lowest BCUT2D eigenvalue weighted by molar-refractivity contribution is -0.135. The molecule has 2 amide bonds. The quantitative estimate of drug-likeness (QED) is 0.899. The third-order valence-corrected chi connectivity index (χ3v) is 5.20. The van der Waals surface area contributed by atoms with E-state index in [0.29, 0.717) is 13.1 Å². The number of nitrogens with one attached hydrogen (secondary N) is 1. The van der Waals surface area contributed by atoms with Gasteiger partial charge in [0.15, 0.2) is 0 Å². The van der Waals surface area contributed by atoms with Gasteiger partial charge in [0.2, 0.25) is 11.8 Å². The average Bonchev–Trinajstić information content (AvgIpc) is 3.40. The van der Waals surface area contributed by atoms with Crippen LogP contribution in [0, 0.1) is 11.8 Å². The maximum atomic E-state index is 12.8. The second-order valence-electron chi connectivity index (χ2n) is 7.25. The van der Waals surface area contributed by atoms with Crippen LogP contribution in [0.5, 0.6) is 0 Å². The molecule has 0 radical (unpaired) electrons. The Morgan fingerprint density at radius 2 is 1.96 bits per heavy atom. The van der Waals surface area contributed by atoms with E-state index in [4.69, 9.17) is 0 Å². The summed E-state index contributed by atoms with van der Waals surface area (Å²) in [5.41, 5.74) is 1.84. The Hall–Kier alpha value is -2.63. The van der Waals surface area contributed by atoms with Crippen LogP contribution in [0.3, 0.4) is 0 Å². The van der Waals surface area contributed by atoms with Crippen molar-refractivity contribution in [1.29, 1.82) is 0 Å². The van der Waals surface area contributed by atoms with E-state index in [1.807, 2.05) is 46.1 Å². The lowest BCUT2D eigenvalue weighted by Gasteiger charge is -2.32. The maximum Gasteiger partial charge on any atom is 0.229 e. The van der Waals surface area contributed by atoms with Crippen molar-refractivity contribution in [3.8, 4) is 0 Å². The first-order valence-electron chi connectivity index (χ1n) is 9.35. The molecule has 1 aliphatic carbocycles. The minimum Gasteiger partial charge on any atom is -0.342 e. The van der Waals surface area contributed by atoms with Gasteiger partial charge in [0, 0.05) is 37.1 Å². The van der Waals surface area contributed by atoms with Crippen LogP contribution in [-0.4, -0.2) is 39.6 Å². The highest BCUT2D eigenvalue weighted by atomic mass is 16.2. The molecule has 4 rings (SSSR count). The summed E-state index contributed by atoms with van der Waals surface area (Å²) in [5, 5.41) is 7.31. The zero-order valence-electron chi connectivity index (χ0n) is 14.8. The van der Waals surface area contributed by atoms with Crippen LogP contribution in [0.1, 0.15) is 31.2 Å². The van der Waals surface area contributed by atoms with Gasteiger partial charge in [-0.15, -0.1) is 0 Å². The van der Waals surface area contributed by atoms with Crippen LogP contribution < -0.4 is 5.32 Å². The predicted octanol–water partition coefficient (Wildman–Crippen LogP) is 2.52. The molecule has 1 aromatic heterocycles. The molecule has 2 heterocycles. The molecule has 1 N–H and O–H groups in total. The fourth-order valence-corrected chi connectivity index (χ4v) is 3.56. The van der Waals surface area contributed by atoms with E-state index in [9.17, 15) is 9.59 Å². The zero-order chi connectivity index (χ0) is 17.9. The van der Waals surface area contributed by atoms with Crippen molar-refractivity contribution >= 4 is 17.5 Å². The third kappa shape index (κ3) is 3.79. The van der Waals surface area contributed by atoms with E-state index >= 15 is 0 Å². The van der Waals surface area contributed by atoms with E-state index in [2.05, 4.69) is 10.4 Å². The highest BCUT2D eigenvalue weighted by Crippen LogP contribution is 2.32. The topological polar surface area (TPSA) is 67.2 Å². The summed E-state index contributed by atoms with van der Waals surface area (Å²) in [6, 6.07) is 9.69. The van der Waals surface area contributed by atoms with Crippen LogP contribution in [0.2, 0.25) is 0 Å². The number of hydrogen-bond acceptors (Lipinski definition) is 3. The summed E-state index contributed by atoms with van der Waals surface area (Å²) < 4.78 is 1.83. The van der Waals surface area contributed by atoms with Gasteiger partial charge in [-0.25, -0.2) is 0 Å². The third-order valence-electron chi connectivity index (χ3n) is 5.20. The minimum atomic E-state index is -0.135. The van der Waals surface area contributed by atoms with Gasteiger partial charge in [0.25, 0.3) is 0 Å². The van der Waals surface area contributed by atoms with Gasteiger partial charge in [-0.3, -0.25) is 14.3 Å². The number of anilines is 1. The van der Waals surface area contributed by atoms with Crippen LogP contribution in [0.4, 0.5) is 5.69 Å². The predicted molar refractivity (Wildman–Crippen MR) is 98.4 cm³/mol. The number of aromatic nitrogens is 2. The summed E-state index contributed by atoms with van der Waals surface area (Å²) >= 11 is 0. The lowest BCUT2D eigenvalue weighted by Crippen LogP contribution is -2.44. The average molecular weight is 352 g/mol. The fourth-order valence-electron chi connectivity index (χ4n) is 3.56. The van der Waals surface area contributed by atoms with Crippen LogP contribution in [0.15, 0.2) is 42.7 Å². The van der Waals surface area contributed by atoms with Gasteiger partial charge < -0.3 is 10.2 Å². The van der Waals surface area contributed by atoms with Crippen LogP contribution >= 0.6 is 0 Å². The SMILES string of the molecule is O=C(Nc1ccccc1Cn1cccn1)C1CCCN(C(=O)C2CC2)C1. The smallest absolute Gasteiger partial charge is 0.229 e. The molecule has 1 atom stereocenters. The Balaban J connectivity index is 1.42. The van der Waals surface area contributed by atoms with Crippen molar-refractivity contribution in [3.05, 3.63) is 48.3 Å². The summed E-state index contributed by atoms with van der Waals surface area (Å²) in [4.78, 5) is 27.0. The summed E-state index contributed by atoms with van der Waals surface area (Å²) in [6.07, 6.45) is 7.39. The monoisotopic (exact) mass is 352 g/mol. The zero-order valence-corrected chi connectivity index (χ0v) is 14.8. The molecule has 1 aromatic carbocycles. The molecule has 6 nitrogen and oxygen atoms in total. The van der Waals surface area contributed by atoms with Gasteiger partial charge in [0.1, 0.15) is 0 Å². The number of para-hydroxylation sites is 1. The number of carbonyl (C=O) groups is 2. The molecule has 26 heavy (non-hydrogen) atoms. The van der Waals surface area contributed by atoms with Crippen molar-refractivity contribution in [2.24, 2.45) is 11.8 Å². The Kier molecular flexibility index (Phi) is 4.73. The number of piperidine rings is 1. The molecule has 2 fully saturated rings. The van der Waals surface area contributed by atoms with Gasteiger partial charge in [-0.1, -0.05) is 18.2 Å². The number of hydrogen-bond donors (Lipinski definition) is 1. The highest BCUT2D eigenvalue weighted by Gasteiger charge is 2.36. The first kappa shape index (κ1) is 16.8. The first-order valence-corrected chi connectivity index (χ1v) is 9.35. The molecule has 1 unspecified atom stereocenters. The summed E-state index contributed by atoms with van der Waals surface area (Å²) in [5.74, 6) is 0.323. The summed E-state index contributed by atoms with van der Waals surface area (Å²) in [7, 11) is 0. The van der Waals surface area contributed by atoms with Crippen LogP contribution in [0.25, 0.3) is 0 Å². The number of likely N-dealkylation sites (tertiary alicyclic amines) is 1. The van der Waals surface area contributed by atoms with Gasteiger partial charge in [0.05, 0.1) is 12.5 Å². The van der Waals surface area contributed by atoms with Crippen LogP contribution in [-0.2, 0) is 16.1 Å². The van der Waals surface area contributed by atoms with Crippen molar-refractivity contribution in [1.82, 2.24) is 14.7 Å². The molecule has 0 bridgehead atoms.